The molecule has 0 radical (unpaired) electrons. The van der Waals surface area contributed by atoms with Gasteiger partial charge in [0.05, 0.1) is 23.8 Å². The summed E-state index contributed by atoms with van der Waals surface area (Å²) in [4.78, 5) is 31.3. The first-order valence-corrected chi connectivity index (χ1v) is 13.9. The Labute approximate surface area is 227 Å². The molecule has 0 saturated heterocycles. The van der Waals surface area contributed by atoms with Crippen molar-refractivity contribution < 1.29 is 14.3 Å². The van der Waals surface area contributed by atoms with E-state index in [1.807, 2.05) is 57.2 Å². The van der Waals surface area contributed by atoms with Gasteiger partial charge in [-0.05, 0) is 69.5 Å². The summed E-state index contributed by atoms with van der Waals surface area (Å²) in [7, 11) is 1.66. The van der Waals surface area contributed by atoms with Gasteiger partial charge in [-0.1, -0.05) is 36.0 Å². The number of nitrogens with zero attached hydrogens (tertiary/aromatic N) is 3. The van der Waals surface area contributed by atoms with Crippen LogP contribution in [0.2, 0.25) is 0 Å². The Morgan fingerprint density at radius 3 is 2.53 bits per heavy atom. The molecule has 0 bridgehead atoms. The molecular weight excluding hydrogens is 498 g/mol. The van der Waals surface area contributed by atoms with Crippen molar-refractivity contribution in [3.05, 3.63) is 87.5 Å². The van der Waals surface area contributed by atoms with Gasteiger partial charge in [-0.2, -0.15) is 0 Å². The normalized spacial score (nSPS) is 11.3. The number of benzene rings is 2. The number of hydrogen-bond acceptors (Lipinski definition) is 6. The van der Waals surface area contributed by atoms with Gasteiger partial charge in [0, 0.05) is 43.3 Å². The average molecular weight is 534 g/mol. The maximum Gasteiger partial charge on any atom is 0.262 e. The number of carbonyl (C=O) groups is 1. The van der Waals surface area contributed by atoms with E-state index >= 15 is 0 Å². The van der Waals surface area contributed by atoms with Gasteiger partial charge in [0.1, 0.15) is 5.75 Å². The predicted molar refractivity (Wildman–Crippen MR) is 153 cm³/mol. The van der Waals surface area contributed by atoms with Crippen LogP contribution in [0.25, 0.3) is 10.9 Å². The van der Waals surface area contributed by atoms with Crippen molar-refractivity contribution in [1.82, 2.24) is 14.1 Å². The Bertz CT molecular complexity index is 1460. The number of methoxy groups -OCH3 is 1. The number of rotatable bonds is 13. The van der Waals surface area contributed by atoms with E-state index in [0.29, 0.717) is 42.2 Å². The molecule has 0 amide bonds. The number of fused-ring (bicyclic) bond motifs is 1. The first kappa shape index (κ1) is 27.7. The van der Waals surface area contributed by atoms with Gasteiger partial charge in [-0.25, -0.2) is 4.98 Å². The lowest BCUT2D eigenvalue weighted by atomic mass is 10.1. The maximum atomic E-state index is 13.3. The van der Waals surface area contributed by atoms with Crippen LogP contribution in [0.4, 0.5) is 0 Å². The highest BCUT2D eigenvalue weighted by molar-refractivity contribution is 7.99. The van der Waals surface area contributed by atoms with Gasteiger partial charge in [-0.15, -0.1) is 0 Å². The second-order valence-electron chi connectivity index (χ2n) is 9.17. The van der Waals surface area contributed by atoms with Crippen LogP contribution in [-0.4, -0.2) is 46.0 Å². The molecule has 8 heteroatoms. The molecule has 4 rings (SSSR count). The molecule has 2 aromatic heterocycles. The molecule has 200 valence electrons. The number of para-hydroxylation sites is 1. The first-order valence-electron chi connectivity index (χ1n) is 13.0. The number of hydrogen-bond donors (Lipinski definition) is 0. The average Bonchev–Trinajstić information content (AvgIpc) is 3.22. The maximum absolute atomic E-state index is 13.3. The summed E-state index contributed by atoms with van der Waals surface area (Å²) in [6.45, 7) is 8.47. The van der Waals surface area contributed by atoms with Gasteiger partial charge in [0.15, 0.2) is 10.9 Å². The van der Waals surface area contributed by atoms with Gasteiger partial charge in [0.2, 0.25) is 0 Å². The Balaban J connectivity index is 1.49. The molecule has 0 atom stereocenters. The van der Waals surface area contributed by atoms with E-state index in [-0.39, 0.29) is 17.1 Å². The Kier molecular flexibility index (Phi) is 9.42. The highest BCUT2D eigenvalue weighted by Crippen LogP contribution is 2.23. The van der Waals surface area contributed by atoms with Crippen molar-refractivity contribution in [2.24, 2.45) is 0 Å². The summed E-state index contributed by atoms with van der Waals surface area (Å²) < 4.78 is 14.6. The third-order valence-electron chi connectivity index (χ3n) is 6.69. The number of carbonyl (C=O) groups excluding carboxylic acids is 1. The first-order chi connectivity index (χ1) is 18.4. The van der Waals surface area contributed by atoms with E-state index in [9.17, 15) is 9.59 Å². The molecule has 7 nitrogen and oxygen atoms in total. The van der Waals surface area contributed by atoms with Crippen molar-refractivity contribution in [2.75, 3.05) is 26.1 Å². The molecule has 0 aliphatic heterocycles. The van der Waals surface area contributed by atoms with Crippen LogP contribution < -0.4 is 10.3 Å². The zero-order chi connectivity index (χ0) is 27.1. The van der Waals surface area contributed by atoms with Gasteiger partial charge >= 0.3 is 0 Å². The number of aromatic nitrogens is 3. The topological polar surface area (TPSA) is 75.3 Å². The van der Waals surface area contributed by atoms with Crippen LogP contribution in [0.5, 0.6) is 5.75 Å². The molecule has 0 saturated carbocycles. The molecule has 0 aliphatic carbocycles. The second-order valence-corrected chi connectivity index (χ2v) is 10.1. The van der Waals surface area contributed by atoms with Crippen molar-refractivity contribution in [1.29, 1.82) is 0 Å². The Morgan fingerprint density at radius 2 is 1.79 bits per heavy atom. The summed E-state index contributed by atoms with van der Waals surface area (Å²) in [5.74, 6) is 1.08. The number of thioether (sulfide) groups is 1. The third-order valence-corrected chi connectivity index (χ3v) is 7.67. The fourth-order valence-corrected chi connectivity index (χ4v) is 5.50. The number of ketones is 1. The standard InChI is InChI=1S/C30H35N3O4S/c1-5-37-18-8-16-33-29(35)25-9-6-7-10-27(25)31-30(33)38-20-28(34)26-19-21(2)32(22(26)3)17-15-23-11-13-24(36-4)14-12-23/h6-7,9-14,19H,5,8,15-18,20H2,1-4H3. The van der Waals surface area contributed by atoms with Crippen LogP contribution in [-0.2, 0) is 24.2 Å². The van der Waals surface area contributed by atoms with Crippen molar-refractivity contribution >= 4 is 28.4 Å². The van der Waals surface area contributed by atoms with E-state index in [2.05, 4.69) is 16.7 Å². The van der Waals surface area contributed by atoms with Crippen LogP contribution in [0.15, 0.2) is 64.5 Å². The molecular formula is C30H35N3O4S. The van der Waals surface area contributed by atoms with Crippen molar-refractivity contribution in [3.63, 3.8) is 0 Å². The van der Waals surface area contributed by atoms with E-state index in [4.69, 9.17) is 14.5 Å². The fourth-order valence-electron chi connectivity index (χ4n) is 4.59. The monoisotopic (exact) mass is 533 g/mol. The molecule has 0 spiro atoms. The highest BCUT2D eigenvalue weighted by atomic mass is 32.2. The molecule has 2 heterocycles. The molecule has 0 N–H and O–H groups in total. The van der Waals surface area contributed by atoms with E-state index < -0.39 is 0 Å². The summed E-state index contributed by atoms with van der Waals surface area (Å²) in [5, 5.41) is 1.15. The van der Waals surface area contributed by atoms with Crippen LogP contribution >= 0.6 is 11.8 Å². The Hall–Kier alpha value is -3.36. The number of ether oxygens (including phenoxy) is 2. The van der Waals surface area contributed by atoms with Gasteiger partial charge < -0.3 is 14.0 Å². The third kappa shape index (κ3) is 6.37. The highest BCUT2D eigenvalue weighted by Gasteiger charge is 2.18. The lowest BCUT2D eigenvalue weighted by molar-refractivity contribution is 0.102. The molecule has 2 aromatic carbocycles. The zero-order valence-electron chi connectivity index (χ0n) is 22.5. The second kappa shape index (κ2) is 12.9. The van der Waals surface area contributed by atoms with Crippen molar-refractivity contribution in [3.8, 4) is 5.75 Å². The molecule has 38 heavy (non-hydrogen) atoms. The Morgan fingerprint density at radius 1 is 1.03 bits per heavy atom. The van der Waals surface area contributed by atoms with Crippen LogP contribution in [0, 0.1) is 13.8 Å². The van der Waals surface area contributed by atoms with Gasteiger partial charge in [-0.3, -0.25) is 14.2 Å². The molecule has 0 fully saturated rings. The summed E-state index contributed by atoms with van der Waals surface area (Å²) >= 11 is 1.32. The number of aryl methyl sites for hydroxylation is 2. The minimum Gasteiger partial charge on any atom is -0.497 e. The van der Waals surface area contributed by atoms with E-state index in [1.54, 1.807) is 17.7 Å². The number of Topliss-reactive ketones (excluding diaryl/α,β-unsaturated/α-hetero) is 1. The minimum atomic E-state index is -0.0845. The summed E-state index contributed by atoms with van der Waals surface area (Å²) in [6.07, 6.45) is 1.56. The summed E-state index contributed by atoms with van der Waals surface area (Å²) in [5.41, 5.74) is 4.51. The van der Waals surface area contributed by atoms with Crippen molar-refractivity contribution in [2.45, 2.75) is 51.9 Å². The van der Waals surface area contributed by atoms with Crippen LogP contribution in [0.3, 0.4) is 0 Å². The minimum absolute atomic E-state index is 0.0297. The van der Waals surface area contributed by atoms with Gasteiger partial charge in [0.25, 0.3) is 5.56 Å². The summed E-state index contributed by atoms with van der Waals surface area (Å²) in [6, 6.07) is 17.4. The lowest BCUT2D eigenvalue weighted by Gasteiger charge is -2.13. The molecule has 0 aliphatic rings. The largest absolute Gasteiger partial charge is 0.497 e. The van der Waals surface area contributed by atoms with Crippen LogP contribution in [0.1, 0.15) is 40.7 Å². The van der Waals surface area contributed by atoms with E-state index in [0.717, 1.165) is 35.7 Å². The van der Waals surface area contributed by atoms with E-state index in [1.165, 1.54) is 17.3 Å². The lowest BCUT2D eigenvalue weighted by Crippen LogP contribution is -2.24. The predicted octanol–water partition coefficient (Wildman–Crippen LogP) is 5.47. The smallest absolute Gasteiger partial charge is 0.262 e. The zero-order valence-corrected chi connectivity index (χ0v) is 23.3. The SMILES string of the molecule is CCOCCCn1c(SCC(=O)c2cc(C)n(CCc3ccc(OC)cc3)c2C)nc2ccccc2c1=O. The quantitative estimate of drug-likeness (QED) is 0.0982. The fraction of sp³-hybridized carbons (Fsp3) is 0.367. The molecule has 0 unspecified atom stereocenters. The molecule has 4 aromatic rings.